The minimum Gasteiger partial charge on any atom is -0.367 e. The number of hydrogen-bond donors (Lipinski definition) is 1. The minimum atomic E-state index is -0.295. The van der Waals surface area contributed by atoms with Crippen LogP contribution in [-0.4, -0.2) is 30.2 Å². The van der Waals surface area contributed by atoms with Crippen molar-refractivity contribution in [1.82, 2.24) is 24.3 Å². The van der Waals surface area contributed by atoms with E-state index in [0.29, 0.717) is 17.2 Å². The minimum absolute atomic E-state index is 0.0332. The highest BCUT2D eigenvalue weighted by molar-refractivity contribution is 6.02. The molecule has 0 unspecified atom stereocenters. The van der Waals surface area contributed by atoms with Crippen LogP contribution in [0.15, 0.2) is 54.7 Å². The molecule has 0 saturated heterocycles. The fraction of sp³-hybridized carbons (Fsp3) is 0.0588. The highest BCUT2D eigenvalue weighted by Crippen LogP contribution is 2.23. The third-order valence-corrected chi connectivity index (χ3v) is 3.96. The Morgan fingerprint density at radius 1 is 1.08 bits per heavy atom. The van der Waals surface area contributed by atoms with Crippen LogP contribution in [0, 0.1) is 0 Å². The molecule has 4 aromatic rings. The van der Waals surface area contributed by atoms with Gasteiger partial charge < -0.3 is 10.3 Å². The van der Waals surface area contributed by atoms with Gasteiger partial charge in [-0.15, -0.1) is 10.2 Å². The number of fused-ring (bicyclic) bond motifs is 1. The van der Waals surface area contributed by atoms with Gasteiger partial charge in [0.05, 0.1) is 0 Å². The van der Waals surface area contributed by atoms with Crippen molar-refractivity contribution in [1.29, 1.82) is 0 Å². The number of hydrogen-bond acceptors (Lipinski definition) is 5. The van der Waals surface area contributed by atoms with Gasteiger partial charge in [0.2, 0.25) is 5.95 Å². The molecule has 0 aliphatic heterocycles. The van der Waals surface area contributed by atoms with Gasteiger partial charge in [0.15, 0.2) is 5.82 Å². The predicted octanol–water partition coefficient (Wildman–Crippen LogP) is 2.10. The van der Waals surface area contributed by atoms with Gasteiger partial charge in [-0.2, -0.15) is 0 Å². The Morgan fingerprint density at radius 3 is 2.62 bits per heavy atom. The molecule has 0 radical (unpaired) electrons. The van der Waals surface area contributed by atoms with Gasteiger partial charge in [-0.1, -0.05) is 24.3 Å². The second kappa shape index (κ2) is 5.31. The molecule has 7 heteroatoms. The van der Waals surface area contributed by atoms with E-state index in [-0.39, 0.29) is 11.9 Å². The molecule has 0 aliphatic carbocycles. The molecule has 2 N–H and O–H groups in total. The van der Waals surface area contributed by atoms with E-state index in [1.165, 1.54) is 4.57 Å². The van der Waals surface area contributed by atoms with Crippen molar-refractivity contribution in [2.24, 2.45) is 7.05 Å². The second-order valence-electron chi connectivity index (χ2n) is 5.38. The first-order chi connectivity index (χ1) is 11.7. The number of anilines is 1. The third-order valence-electron chi connectivity index (χ3n) is 3.96. The summed E-state index contributed by atoms with van der Waals surface area (Å²) in [6.07, 6.45) is 1.63. The van der Waals surface area contributed by atoms with E-state index in [4.69, 9.17) is 5.73 Å². The van der Waals surface area contributed by atoms with E-state index in [9.17, 15) is 4.79 Å². The average molecular weight is 318 g/mol. The van der Waals surface area contributed by atoms with Gasteiger partial charge in [0.1, 0.15) is 11.4 Å². The summed E-state index contributed by atoms with van der Waals surface area (Å²) in [6, 6.07) is 15.0. The third kappa shape index (κ3) is 2.06. The summed E-state index contributed by atoms with van der Waals surface area (Å²) in [5, 5.41) is 8.84. The lowest BCUT2D eigenvalue weighted by molar-refractivity contribution is 0.0956. The van der Waals surface area contributed by atoms with Crippen LogP contribution in [0.4, 0.5) is 5.95 Å². The summed E-state index contributed by atoms with van der Waals surface area (Å²) in [4.78, 5) is 17.3. The van der Waals surface area contributed by atoms with Crippen LogP contribution in [0.5, 0.6) is 0 Å². The number of para-hydroxylation sites is 1. The molecule has 118 valence electrons. The van der Waals surface area contributed by atoms with Gasteiger partial charge in [-0.05, 0) is 24.3 Å². The summed E-state index contributed by atoms with van der Waals surface area (Å²) in [7, 11) is 1.84. The maximum Gasteiger partial charge on any atom is 0.283 e. The SMILES string of the molecule is Cn1c(C(=O)n2c(N)nnc2-c2ccccn2)cc2ccccc21. The van der Waals surface area contributed by atoms with E-state index in [0.717, 1.165) is 10.9 Å². The average Bonchev–Trinajstić information content (AvgIpc) is 3.16. The summed E-state index contributed by atoms with van der Waals surface area (Å²) in [5.74, 6) is 0.0612. The molecule has 7 nitrogen and oxygen atoms in total. The zero-order valence-electron chi connectivity index (χ0n) is 12.9. The lowest BCUT2D eigenvalue weighted by atomic mass is 10.2. The predicted molar refractivity (Wildman–Crippen MR) is 90.3 cm³/mol. The highest BCUT2D eigenvalue weighted by atomic mass is 16.2. The summed E-state index contributed by atoms with van der Waals surface area (Å²) in [5.41, 5.74) is 7.89. The number of nitrogens with two attached hydrogens (primary N) is 1. The number of nitrogen functional groups attached to an aromatic ring is 1. The lowest BCUT2D eigenvalue weighted by Crippen LogP contribution is -2.19. The van der Waals surface area contributed by atoms with Gasteiger partial charge >= 0.3 is 0 Å². The lowest BCUT2D eigenvalue weighted by Gasteiger charge is -2.07. The Kier molecular flexibility index (Phi) is 3.13. The molecule has 0 fully saturated rings. The molecule has 0 spiro atoms. The van der Waals surface area contributed by atoms with Crippen LogP contribution in [0.1, 0.15) is 10.5 Å². The monoisotopic (exact) mass is 318 g/mol. The van der Waals surface area contributed by atoms with Gasteiger partial charge in [-0.3, -0.25) is 9.78 Å². The van der Waals surface area contributed by atoms with E-state index < -0.39 is 0 Å². The Balaban J connectivity index is 1.88. The van der Waals surface area contributed by atoms with Gasteiger partial charge in [-0.25, -0.2) is 4.57 Å². The number of aryl methyl sites for hydroxylation is 1. The molecule has 3 heterocycles. The number of nitrogens with zero attached hydrogens (tertiary/aromatic N) is 5. The van der Waals surface area contributed by atoms with Crippen molar-refractivity contribution >= 4 is 22.8 Å². The van der Waals surface area contributed by atoms with Crippen LogP contribution in [0.25, 0.3) is 22.4 Å². The van der Waals surface area contributed by atoms with Crippen LogP contribution < -0.4 is 5.73 Å². The molecular weight excluding hydrogens is 304 g/mol. The molecule has 0 atom stereocenters. The number of aromatic nitrogens is 5. The quantitative estimate of drug-likeness (QED) is 0.611. The van der Waals surface area contributed by atoms with Crippen LogP contribution in [0.2, 0.25) is 0 Å². The first-order valence-corrected chi connectivity index (χ1v) is 7.38. The van der Waals surface area contributed by atoms with Gasteiger partial charge in [0.25, 0.3) is 5.91 Å². The fourth-order valence-electron chi connectivity index (χ4n) is 2.77. The molecule has 3 aromatic heterocycles. The molecule has 0 saturated carbocycles. The second-order valence-corrected chi connectivity index (χ2v) is 5.38. The zero-order chi connectivity index (χ0) is 16.7. The number of pyridine rings is 1. The topological polar surface area (TPSA) is 91.6 Å². The molecule has 4 rings (SSSR count). The van der Waals surface area contributed by atoms with Crippen LogP contribution in [-0.2, 0) is 7.05 Å². The van der Waals surface area contributed by atoms with E-state index in [1.807, 2.05) is 48.0 Å². The number of carbonyl (C=O) groups excluding carboxylic acids is 1. The van der Waals surface area contributed by atoms with Crippen molar-refractivity contribution in [2.75, 3.05) is 5.73 Å². The standard InChI is InChI=1S/C17H14N6O/c1-22-13-8-3-2-6-11(13)10-14(22)16(24)23-15(20-21-17(23)18)12-7-4-5-9-19-12/h2-10H,1H3,(H2,18,21). The van der Waals surface area contributed by atoms with Gasteiger partial charge in [0, 0.05) is 24.1 Å². The molecule has 24 heavy (non-hydrogen) atoms. The largest absolute Gasteiger partial charge is 0.367 e. The maximum atomic E-state index is 13.1. The normalized spacial score (nSPS) is 11.0. The Labute approximate surface area is 137 Å². The fourth-order valence-corrected chi connectivity index (χ4v) is 2.77. The Morgan fingerprint density at radius 2 is 1.88 bits per heavy atom. The van der Waals surface area contributed by atoms with Crippen LogP contribution >= 0.6 is 0 Å². The van der Waals surface area contributed by atoms with Crippen molar-refractivity contribution < 1.29 is 4.79 Å². The first kappa shape index (κ1) is 14.1. The maximum absolute atomic E-state index is 13.1. The number of benzene rings is 1. The molecule has 0 bridgehead atoms. The van der Waals surface area contributed by atoms with Crippen molar-refractivity contribution in [3.05, 3.63) is 60.4 Å². The molecule has 1 aromatic carbocycles. The Hall–Kier alpha value is -3.48. The number of carbonyl (C=O) groups is 1. The molecule has 0 amide bonds. The Bertz CT molecular complexity index is 1050. The summed E-state index contributed by atoms with van der Waals surface area (Å²) in [6.45, 7) is 0. The summed E-state index contributed by atoms with van der Waals surface area (Å²) < 4.78 is 3.12. The van der Waals surface area contributed by atoms with E-state index >= 15 is 0 Å². The number of rotatable bonds is 2. The van der Waals surface area contributed by atoms with Crippen molar-refractivity contribution in [2.45, 2.75) is 0 Å². The van der Waals surface area contributed by atoms with Crippen molar-refractivity contribution in [3.8, 4) is 11.5 Å². The highest BCUT2D eigenvalue weighted by Gasteiger charge is 2.23. The summed E-state index contributed by atoms with van der Waals surface area (Å²) >= 11 is 0. The smallest absolute Gasteiger partial charge is 0.283 e. The molecule has 0 aliphatic rings. The van der Waals surface area contributed by atoms with E-state index in [2.05, 4.69) is 15.2 Å². The van der Waals surface area contributed by atoms with Crippen molar-refractivity contribution in [3.63, 3.8) is 0 Å². The molecular formula is C17H14N6O. The van der Waals surface area contributed by atoms with E-state index in [1.54, 1.807) is 18.3 Å². The van der Waals surface area contributed by atoms with Crippen LogP contribution in [0.3, 0.4) is 0 Å². The first-order valence-electron chi connectivity index (χ1n) is 7.38. The zero-order valence-corrected chi connectivity index (χ0v) is 12.9.